The number of nitrogens with one attached hydrogen (secondary N) is 1. The van der Waals surface area contributed by atoms with Gasteiger partial charge in [0.25, 0.3) is 0 Å². The van der Waals surface area contributed by atoms with Crippen LogP contribution >= 0.6 is 0 Å². The zero-order valence-corrected chi connectivity index (χ0v) is 14.2. The molecule has 2 aromatic carbocycles. The molecule has 1 heterocycles. The summed E-state index contributed by atoms with van der Waals surface area (Å²) in [4.78, 5) is 11.5. The van der Waals surface area contributed by atoms with Crippen molar-refractivity contribution in [3.8, 4) is 0 Å². The number of para-hydroxylation sites is 1. The average molecular weight is 323 g/mol. The molecular formula is C20H25N3O. The van der Waals surface area contributed by atoms with Crippen LogP contribution in [0.15, 0.2) is 54.6 Å². The predicted octanol–water partition coefficient (Wildman–Crippen LogP) is 4.57. The number of nitrogens with zero attached hydrogens (tertiary/aromatic N) is 2. The summed E-state index contributed by atoms with van der Waals surface area (Å²) in [5.74, 6) is 0.0405. The Labute approximate surface area is 144 Å². The molecule has 0 aromatic heterocycles. The van der Waals surface area contributed by atoms with Crippen LogP contribution in [0.25, 0.3) is 0 Å². The fraction of sp³-hybridized carbons (Fsp3) is 0.350. The maximum absolute atomic E-state index is 11.5. The quantitative estimate of drug-likeness (QED) is 0.875. The molecule has 1 aliphatic rings. The van der Waals surface area contributed by atoms with Crippen LogP contribution in [-0.4, -0.2) is 24.0 Å². The van der Waals surface area contributed by atoms with Gasteiger partial charge in [-0.25, -0.2) is 5.01 Å². The van der Waals surface area contributed by atoms with E-state index in [-0.39, 0.29) is 5.91 Å². The Hall–Kier alpha value is -2.33. The SMILES string of the molecule is CCC(=O)Nc1ccc(N(c2ccccc2)N2CCCCC2)cc1. The number of carbonyl (C=O) groups is 1. The van der Waals surface area contributed by atoms with Gasteiger partial charge in [0.2, 0.25) is 5.91 Å². The van der Waals surface area contributed by atoms with Crippen molar-refractivity contribution >= 4 is 23.0 Å². The van der Waals surface area contributed by atoms with Crippen LogP contribution in [0.5, 0.6) is 0 Å². The van der Waals surface area contributed by atoms with Gasteiger partial charge < -0.3 is 5.32 Å². The molecule has 0 spiro atoms. The molecule has 0 radical (unpaired) electrons. The second-order valence-corrected chi connectivity index (χ2v) is 6.11. The lowest BCUT2D eigenvalue weighted by molar-refractivity contribution is -0.115. The highest BCUT2D eigenvalue weighted by molar-refractivity contribution is 5.90. The van der Waals surface area contributed by atoms with Crippen molar-refractivity contribution in [1.82, 2.24) is 5.01 Å². The lowest BCUT2D eigenvalue weighted by atomic mass is 10.1. The summed E-state index contributed by atoms with van der Waals surface area (Å²) in [6.07, 6.45) is 4.26. The van der Waals surface area contributed by atoms with Gasteiger partial charge in [-0.15, -0.1) is 0 Å². The number of amides is 1. The first-order valence-electron chi connectivity index (χ1n) is 8.78. The molecule has 126 valence electrons. The van der Waals surface area contributed by atoms with Gasteiger partial charge in [-0.2, -0.15) is 0 Å². The minimum Gasteiger partial charge on any atom is -0.326 e. The third-order valence-corrected chi connectivity index (χ3v) is 4.33. The molecule has 0 atom stereocenters. The molecule has 2 aromatic rings. The van der Waals surface area contributed by atoms with E-state index < -0.39 is 0 Å². The fourth-order valence-corrected chi connectivity index (χ4v) is 3.06. The molecule has 24 heavy (non-hydrogen) atoms. The lowest BCUT2D eigenvalue weighted by Crippen LogP contribution is -2.42. The fourth-order valence-electron chi connectivity index (χ4n) is 3.06. The number of hydrazine groups is 1. The third kappa shape index (κ3) is 3.95. The van der Waals surface area contributed by atoms with Crippen LogP contribution < -0.4 is 10.3 Å². The second-order valence-electron chi connectivity index (χ2n) is 6.11. The molecule has 0 saturated carbocycles. The van der Waals surface area contributed by atoms with Gasteiger partial charge in [-0.05, 0) is 49.2 Å². The van der Waals surface area contributed by atoms with Crippen LogP contribution in [0, 0.1) is 0 Å². The van der Waals surface area contributed by atoms with E-state index in [9.17, 15) is 4.79 Å². The standard InChI is InChI=1S/C20H25N3O/c1-2-20(24)21-17-11-13-19(14-12-17)23(18-9-5-3-6-10-18)22-15-7-4-8-16-22/h3,5-6,9-14H,2,4,7-8,15-16H2,1H3,(H,21,24). The number of piperidine rings is 1. The van der Waals surface area contributed by atoms with E-state index >= 15 is 0 Å². The molecule has 4 nitrogen and oxygen atoms in total. The van der Waals surface area contributed by atoms with Crippen LogP contribution in [0.1, 0.15) is 32.6 Å². The number of hydrogen-bond donors (Lipinski definition) is 1. The highest BCUT2D eigenvalue weighted by Crippen LogP contribution is 2.30. The highest BCUT2D eigenvalue weighted by Gasteiger charge is 2.20. The molecule has 0 bridgehead atoms. The average Bonchev–Trinajstić information content (AvgIpc) is 2.65. The zero-order chi connectivity index (χ0) is 16.8. The summed E-state index contributed by atoms with van der Waals surface area (Å²) in [6, 6.07) is 18.6. The van der Waals surface area contributed by atoms with Crippen molar-refractivity contribution in [3.05, 3.63) is 54.6 Å². The van der Waals surface area contributed by atoms with E-state index in [1.54, 1.807) is 0 Å². The van der Waals surface area contributed by atoms with Crippen molar-refractivity contribution in [2.24, 2.45) is 0 Å². The predicted molar refractivity (Wildman–Crippen MR) is 99.4 cm³/mol. The van der Waals surface area contributed by atoms with Gasteiger partial charge >= 0.3 is 0 Å². The Bertz CT molecular complexity index is 648. The summed E-state index contributed by atoms with van der Waals surface area (Å²) in [5, 5.41) is 7.62. The molecule has 1 N–H and O–H groups in total. The summed E-state index contributed by atoms with van der Waals surface area (Å²) in [6.45, 7) is 4.00. The van der Waals surface area contributed by atoms with E-state index in [2.05, 4.69) is 51.7 Å². The molecule has 4 heteroatoms. The number of rotatable bonds is 5. The minimum absolute atomic E-state index is 0.0405. The number of benzene rings is 2. The van der Waals surface area contributed by atoms with Gasteiger partial charge in [-0.3, -0.25) is 9.80 Å². The largest absolute Gasteiger partial charge is 0.326 e. The summed E-state index contributed by atoms with van der Waals surface area (Å²) < 4.78 is 0. The van der Waals surface area contributed by atoms with Crippen LogP contribution in [0.3, 0.4) is 0 Å². The van der Waals surface area contributed by atoms with Gasteiger partial charge in [0.05, 0.1) is 11.4 Å². The van der Waals surface area contributed by atoms with Crippen LogP contribution in [0.4, 0.5) is 17.1 Å². The van der Waals surface area contributed by atoms with E-state index in [0.29, 0.717) is 6.42 Å². The third-order valence-electron chi connectivity index (χ3n) is 4.33. The maximum atomic E-state index is 11.5. The van der Waals surface area contributed by atoms with Gasteiger partial charge in [0.1, 0.15) is 0 Å². The maximum Gasteiger partial charge on any atom is 0.224 e. The first-order chi connectivity index (χ1) is 11.8. The minimum atomic E-state index is 0.0405. The Kier molecular flexibility index (Phi) is 5.49. The van der Waals surface area contributed by atoms with Gasteiger partial charge in [0.15, 0.2) is 0 Å². The van der Waals surface area contributed by atoms with Crippen molar-refractivity contribution < 1.29 is 4.79 Å². The van der Waals surface area contributed by atoms with E-state index in [4.69, 9.17) is 0 Å². The van der Waals surface area contributed by atoms with E-state index in [1.165, 1.54) is 24.9 Å². The monoisotopic (exact) mass is 323 g/mol. The van der Waals surface area contributed by atoms with Crippen LogP contribution in [-0.2, 0) is 4.79 Å². The second kappa shape index (κ2) is 7.97. The van der Waals surface area contributed by atoms with Gasteiger partial charge in [0, 0.05) is 25.2 Å². The van der Waals surface area contributed by atoms with Crippen LogP contribution in [0.2, 0.25) is 0 Å². The summed E-state index contributed by atoms with van der Waals surface area (Å²) >= 11 is 0. The molecule has 3 rings (SSSR count). The number of hydrogen-bond acceptors (Lipinski definition) is 3. The van der Waals surface area contributed by atoms with Crippen molar-refractivity contribution in [2.45, 2.75) is 32.6 Å². The molecule has 1 amide bonds. The molecule has 1 aliphatic heterocycles. The van der Waals surface area contributed by atoms with E-state index in [0.717, 1.165) is 24.5 Å². The molecule has 1 fully saturated rings. The molecule has 0 unspecified atom stereocenters. The first kappa shape index (κ1) is 16.5. The summed E-state index contributed by atoms with van der Waals surface area (Å²) in [7, 11) is 0. The number of carbonyl (C=O) groups excluding carboxylic acids is 1. The Morgan fingerprint density at radius 3 is 2.21 bits per heavy atom. The summed E-state index contributed by atoms with van der Waals surface area (Å²) in [5.41, 5.74) is 3.14. The zero-order valence-electron chi connectivity index (χ0n) is 14.2. The van der Waals surface area contributed by atoms with Crippen molar-refractivity contribution in [3.63, 3.8) is 0 Å². The Balaban J connectivity index is 1.86. The van der Waals surface area contributed by atoms with Crippen molar-refractivity contribution in [1.29, 1.82) is 0 Å². The normalized spacial score (nSPS) is 15.0. The van der Waals surface area contributed by atoms with E-state index in [1.807, 2.05) is 25.1 Å². The molecule has 0 aliphatic carbocycles. The Morgan fingerprint density at radius 2 is 1.58 bits per heavy atom. The molecular weight excluding hydrogens is 298 g/mol. The molecule has 1 saturated heterocycles. The lowest BCUT2D eigenvalue weighted by Gasteiger charge is -2.39. The topological polar surface area (TPSA) is 35.6 Å². The van der Waals surface area contributed by atoms with Gasteiger partial charge in [-0.1, -0.05) is 31.5 Å². The Morgan fingerprint density at radius 1 is 0.958 bits per heavy atom. The van der Waals surface area contributed by atoms with Crippen molar-refractivity contribution in [2.75, 3.05) is 23.4 Å². The number of anilines is 3. The highest BCUT2D eigenvalue weighted by atomic mass is 16.1. The first-order valence-corrected chi connectivity index (χ1v) is 8.78. The smallest absolute Gasteiger partial charge is 0.224 e.